The highest BCUT2D eigenvalue weighted by Crippen LogP contribution is 2.22. The molecular formula is C23H22F2N4O2S. The van der Waals surface area contributed by atoms with Gasteiger partial charge in [0.25, 0.3) is 11.8 Å². The van der Waals surface area contributed by atoms with Gasteiger partial charge < -0.3 is 15.1 Å². The van der Waals surface area contributed by atoms with Gasteiger partial charge in [0, 0.05) is 37.3 Å². The number of rotatable bonds is 5. The molecule has 2 aromatic heterocycles. The Bertz CT molecular complexity index is 1130. The van der Waals surface area contributed by atoms with Crippen LogP contribution in [-0.4, -0.2) is 47.9 Å². The Morgan fingerprint density at radius 2 is 1.88 bits per heavy atom. The van der Waals surface area contributed by atoms with Crippen LogP contribution in [0.2, 0.25) is 0 Å². The van der Waals surface area contributed by atoms with Gasteiger partial charge in [-0.1, -0.05) is 12.1 Å². The van der Waals surface area contributed by atoms with E-state index in [-0.39, 0.29) is 24.6 Å². The summed E-state index contributed by atoms with van der Waals surface area (Å²) in [7, 11) is 0. The minimum atomic E-state index is -0.866. The van der Waals surface area contributed by atoms with E-state index in [1.165, 1.54) is 17.9 Å². The molecular weight excluding hydrogens is 434 g/mol. The minimum Gasteiger partial charge on any atom is -0.352 e. The fourth-order valence-corrected chi connectivity index (χ4v) is 4.28. The molecule has 9 heteroatoms. The van der Waals surface area contributed by atoms with E-state index in [1.807, 2.05) is 22.4 Å². The number of nitrogens with one attached hydrogen (secondary N) is 1. The first-order valence-corrected chi connectivity index (χ1v) is 11.1. The van der Waals surface area contributed by atoms with Gasteiger partial charge in [0.15, 0.2) is 0 Å². The van der Waals surface area contributed by atoms with Gasteiger partial charge in [0.05, 0.1) is 12.1 Å². The number of piperazine rings is 1. The van der Waals surface area contributed by atoms with Crippen molar-refractivity contribution in [3.8, 4) is 0 Å². The highest BCUT2D eigenvalue weighted by molar-refractivity contribution is 7.09. The molecule has 0 saturated carbocycles. The quantitative estimate of drug-likeness (QED) is 0.637. The molecule has 1 N–H and O–H groups in total. The first-order valence-electron chi connectivity index (χ1n) is 10.2. The van der Waals surface area contributed by atoms with Crippen LogP contribution in [0.3, 0.4) is 0 Å². The molecule has 1 aromatic carbocycles. The minimum absolute atomic E-state index is 0.222. The van der Waals surface area contributed by atoms with E-state index in [9.17, 15) is 18.4 Å². The number of halogens is 2. The normalized spacial score (nSPS) is 13.8. The molecule has 0 bridgehead atoms. The van der Waals surface area contributed by atoms with E-state index in [0.29, 0.717) is 31.0 Å². The maximum atomic E-state index is 14.4. The van der Waals surface area contributed by atoms with Gasteiger partial charge >= 0.3 is 0 Å². The summed E-state index contributed by atoms with van der Waals surface area (Å²) in [5, 5.41) is 4.85. The molecule has 3 aromatic rings. The Balaban J connectivity index is 1.44. The Morgan fingerprint density at radius 1 is 1.09 bits per heavy atom. The number of aromatic nitrogens is 1. The Morgan fingerprint density at radius 3 is 2.59 bits per heavy atom. The number of benzene rings is 1. The molecule has 166 valence electrons. The predicted molar refractivity (Wildman–Crippen MR) is 119 cm³/mol. The second-order valence-electron chi connectivity index (χ2n) is 7.47. The van der Waals surface area contributed by atoms with E-state index in [2.05, 4.69) is 10.3 Å². The third-order valence-corrected chi connectivity index (χ3v) is 6.28. The molecule has 32 heavy (non-hydrogen) atoms. The average Bonchev–Trinajstić information content (AvgIpc) is 3.34. The fourth-order valence-electron chi connectivity index (χ4n) is 3.63. The molecule has 0 aliphatic carbocycles. The lowest BCUT2D eigenvalue weighted by molar-refractivity contribution is 0.0735. The first-order chi connectivity index (χ1) is 15.5. The van der Waals surface area contributed by atoms with Crippen molar-refractivity contribution in [1.29, 1.82) is 0 Å². The molecule has 1 saturated heterocycles. The number of hydrogen-bond donors (Lipinski definition) is 1. The molecule has 1 aliphatic heterocycles. The summed E-state index contributed by atoms with van der Waals surface area (Å²) in [6.45, 7) is 3.24. The summed E-state index contributed by atoms with van der Waals surface area (Å²) < 4.78 is 28.5. The van der Waals surface area contributed by atoms with Gasteiger partial charge in [0.1, 0.15) is 23.0 Å². The van der Waals surface area contributed by atoms with Gasteiger partial charge in [0.2, 0.25) is 0 Å². The van der Waals surface area contributed by atoms with Crippen LogP contribution in [0.25, 0.3) is 0 Å². The third kappa shape index (κ3) is 4.47. The van der Waals surface area contributed by atoms with Gasteiger partial charge in [-0.25, -0.2) is 13.8 Å². The van der Waals surface area contributed by atoms with Gasteiger partial charge in [-0.3, -0.25) is 9.59 Å². The van der Waals surface area contributed by atoms with Crippen LogP contribution in [0.5, 0.6) is 0 Å². The van der Waals surface area contributed by atoms with Gasteiger partial charge in [-0.05, 0) is 42.1 Å². The van der Waals surface area contributed by atoms with Crippen LogP contribution in [0, 0.1) is 18.6 Å². The number of nitrogens with zero attached hydrogens (tertiary/aromatic N) is 3. The number of carbonyl (C=O) groups excluding carboxylic acids is 2. The van der Waals surface area contributed by atoms with Crippen LogP contribution in [-0.2, 0) is 6.54 Å². The van der Waals surface area contributed by atoms with Crippen molar-refractivity contribution in [3.63, 3.8) is 0 Å². The first kappa shape index (κ1) is 21.9. The van der Waals surface area contributed by atoms with Crippen LogP contribution in [0.1, 0.15) is 31.2 Å². The number of pyridine rings is 1. The van der Waals surface area contributed by atoms with E-state index >= 15 is 0 Å². The lowest BCUT2D eigenvalue weighted by Crippen LogP contribution is -2.49. The summed E-state index contributed by atoms with van der Waals surface area (Å²) in [5.41, 5.74) is 0.143. The summed E-state index contributed by atoms with van der Waals surface area (Å²) >= 11 is 1.56. The molecule has 4 rings (SSSR count). The maximum Gasteiger partial charge on any atom is 0.259 e. The summed E-state index contributed by atoms with van der Waals surface area (Å²) in [6.07, 6.45) is 1.61. The molecule has 1 aliphatic rings. The van der Waals surface area contributed by atoms with Crippen molar-refractivity contribution in [3.05, 3.63) is 81.2 Å². The Hall–Kier alpha value is -3.33. The van der Waals surface area contributed by atoms with Crippen LogP contribution < -0.4 is 10.2 Å². The van der Waals surface area contributed by atoms with E-state index in [0.717, 1.165) is 10.9 Å². The molecule has 1 fully saturated rings. The standard InChI is InChI=1S/C23H22F2N4O2S/c1-15-6-7-18(24)19(20(15)25)23(31)29-11-9-28(10-12-29)21-17(5-2-8-26-21)22(30)27-14-16-4-3-13-32-16/h2-8,13H,9-12,14H2,1H3,(H,27,30). The Labute approximate surface area is 188 Å². The molecule has 0 atom stereocenters. The highest BCUT2D eigenvalue weighted by Gasteiger charge is 2.29. The number of carbonyl (C=O) groups is 2. The maximum absolute atomic E-state index is 14.4. The lowest BCUT2D eigenvalue weighted by Gasteiger charge is -2.36. The zero-order chi connectivity index (χ0) is 22.7. The van der Waals surface area contributed by atoms with Crippen molar-refractivity contribution >= 4 is 29.0 Å². The number of hydrogen-bond acceptors (Lipinski definition) is 5. The molecule has 0 radical (unpaired) electrons. The molecule has 3 heterocycles. The van der Waals surface area contributed by atoms with E-state index in [4.69, 9.17) is 0 Å². The van der Waals surface area contributed by atoms with Crippen molar-refractivity contribution in [2.24, 2.45) is 0 Å². The number of aryl methyl sites for hydroxylation is 1. The van der Waals surface area contributed by atoms with E-state index < -0.39 is 23.1 Å². The van der Waals surface area contributed by atoms with Crippen LogP contribution in [0.4, 0.5) is 14.6 Å². The summed E-state index contributed by atoms with van der Waals surface area (Å²) in [6, 6.07) is 9.71. The van der Waals surface area contributed by atoms with Crippen molar-refractivity contribution in [2.75, 3.05) is 31.1 Å². The number of amides is 2. The SMILES string of the molecule is Cc1ccc(F)c(C(=O)N2CCN(c3ncccc3C(=O)NCc3cccs3)CC2)c1F. The third-order valence-electron chi connectivity index (χ3n) is 5.40. The predicted octanol–water partition coefficient (Wildman–Crippen LogP) is 3.62. The summed E-state index contributed by atoms with van der Waals surface area (Å²) in [4.78, 5) is 34.3. The lowest BCUT2D eigenvalue weighted by atomic mass is 10.1. The monoisotopic (exact) mass is 456 g/mol. The fraction of sp³-hybridized carbons (Fsp3) is 0.261. The van der Waals surface area contributed by atoms with Crippen molar-refractivity contribution in [2.45, 2.75) is 13.5 Å². The number of thiophene rings is 1. The average molecular weight is 457 g/mol. The van der Waals surface area contributed by atoms with Gasteiger partial charge in [-0.2, -0.15) is 0 Å². The van der Waals surface area contributed by atoms with Crippen LogP contribution >= 0.6 is 11.3 Å². The molecule has 2 amide bonds. The highest BCUT2D eigenvalue weighted by atomic mass is 32.1. The largest absolute Gasteiger partial charge is 0.352 e. The van der Waals surface area contributed by atoms with Gasteiger partial charge in [-0.15, -0.1) is 11.3 Å². The zero-order valence-corrected chi connectivity index (χ0v) is 18.3. The van der Waals surface area contributed by atoms with Crippen molar-refractivity contribution < 1.29 is 18.4 Å². The summed E-state index contributed by atoms with van der Waals surface area (Å²) in [5.74, 6) is -2.07. The molecule has 0 spiro atoms. The van der Waals surface area contributed by atoms with Crippen molar-refractivity contribution in [1.82, 2.24) is 15.2 Å². The Kier molecular flexibility index (Phi) is 6.45. The smallest absolute Gasteiger partial charge is 0.259 e. The second-order valence-corrected chi connectivity index (χ2v) is 8.50. The van der Waals surface area contributed by atoms with Crippen LogP contribution in [0.15, 0.2) is 48.0 Å². The zero-order valence-electron chi connectivity index (χ0n) is 17.5. The number of anilines is 1. The topological polar surface area (TPSA) is 65.5 Å². The second kappa shape index (κ2) is 9.44. The molecule has 0 unspecified atom stereocenters. The van der Waals surface area contributed by atoms with E-state index in [1.54, 1.807) is 29.7 Å². The molecule has 6 nitrogen and oxygen atoms in total.